The van der Waals surface area contributed by atoms with Gasteiger partial charge >= 0.3 is 0 Å². The summed E-state index contributed by atoms with van der Waals surface area (Å²) in [5, 5.41) is 2.60. The number of nitrogens with zero attached hydrogens (tertiary/aromatic N) is 2. The highest BCUT2D eigenvalue weighted by Gasteiger charge is 2.40. The van der Waals surface area contributed by atoms with E-state index in [-0.39, 0.29) is 11.5 Å². The molecule has 45 heavy (non-hydrogen) atoms. The fraction of sp³-hybridized carbons (Fsp3) is 0.116. The van der Waals surface area contributed by atoms with Gasteiger partial charge in [0, 0.05) is 28.4 Å². The van der Waals surface area contributed by atoms with Crippen LogP contribution >= 0.6 is 0 Å². The van der Waals surface area contributed by atoms with E-state index < -0.39 is 0 Å². The fourth-order valence-electron chi connectivity index (χ4n) is 8.04. The van der Waals surface area contributed by atoms with E-state index in [1.807, 2.05) is 0 Å². The van der Waals surface area contributed by atoms with Crippen LogP contribution in [0.2, 0.25) is 0 Å². The molecule has 2 heterocycles. The lowest BCUT2D eigenvalue weighted by Crippen LogP contribution is -2.31. The van der Waals surface area contributed by atoms with Gasteiger partial charge in [0.25, 0.3) is 0 Å². The Morgan fingerprint density at radius 3 is 2.00 bits per heavy atom. The monoisotopic (exact) mass is 578 g/mol. The van der Waals surface area contributed by atoms with Crippen LogP contribution in [-0.2, 0) is 5.41 Å². The first kappa shape index (κ1) is 26.1. The summed E-state index contributed by atoms with van der Waals surface area (Å²) in [6.45, 7) is 4.79. The number of rotatable bonds is 3. The van der Waals surface area contributed by atoms with Crippen molar-refractivity contribution >= 4 is 39.2 Å². The Kier molecular flexibility index (Phi) is 5.70. The van der Waals surface area contributed by atoms with Crippen LogP contribution in [0, 0.1) is 0 Å². The lowest BCUT2D eigenvalue weighted by atomic mass is 9.71. The van der Waals surface area contributed by atoms with Crippen molar-refractivity contribution in [3.8, 4) is 11.1 Å². The molecular formula is C43H34N2. The van der Waals surface area contributed by atoms with Crippen LogP contribution in [0.3, 0.4) is 0 Å². The van der Waals surface area contributed by atoms with E-state index in [1.54, 1.807) is 0 Å². The van der Waals surface area contributed by atoms with Crippen molar-refractivity contribution in [2.45, 2.75) is 31.2 Å². The zero-order valence-corrected chi connectivity index (χ0v) is 25.6. The molecule has 9 rings (SSSR count). The van der Waals surface area contributed by atoms with E-state index in [1.165, 1.54) is 67.0 Å². The molecule has 0 spiro atoms. The lowest BCUT2D eigenvalue weighted by Gasteiger charge is -2.43. The van der Waals surface area contributed by atoms with Gasteiger partial charge in [-0.15, -0.1) is 0 Å². The van der Waals surface area contributed by atoms with Crippen molar-refractivity contribution in [3.63, 3.8) is 0 Å². The van der Waals surface area contributed by atoms with Crippen LogP contribution < -0.4 is 9.80 Å². The average Bonchev–Trinajstić information content (AvgIpc) is 3.42. The minimum atomic E-state index is -0.199. The van der Waals surface area contributed by atoms with Gasteiger partial charge in [-0.2, -0.15) is 0 Å². The second-order valence-electron chi connectivity index (χ2n) is 13.0. The molecular weight excluding hydrogens is 544 g/mol. The zero-order chi connectivity index (χ0) is 30.1. The number of allylic oxidation sites excluding steroid dienone is 2. The lowest BCUT2D eigenvalue weighted by molar-refractivity contribution is 0.638. The SMILES string of the molecule is CC1(C)c2cc(-c3ccc4c(c3)C3C=CC=CC3N4c3ccccc3)ccc2N(c2ccccc2)c2ccc3ccccc3c21. The third-order valence-corrected chi connectivity index (χ3v) is 10.1. The molecule has 0 radical (unpaired) electrons. The second kappa shape index (κ2) is 9.84. The molecule has 216 valence electrons. The van der Waals surface area contributed by atoms with Crippen molar-refractivity contribution in [1.82, 2.24) is 0 Å². The number of hydrogen-bond acceptors (Lipinski definition) is 2. The molecule has 0 N–H and O–H groups in total. The average molecular weight is 579 g/mol. The van der Waals surface area contributed by atoms with E-state index in [9.17, 15) is 0 Å². The fourth-order valence-corrected chi connectivity index (χ4v) is 8.04. The van der Waals surface area contributed by atoms with Crippen molar-refractivity contribution in [3.05, 3.63) is 174 Å². The Labute approximate surface area is 265 Å². The largest absolute Gasteiger partial charge is 0.333 e. The maximum atomic E-state index is 2.50. The van der Waals surface area contributed by atoms with Gasteiger partial charge in [-0.1, -0.05) is 117 Å². The molecule has 6 aromatic rings. The first-order valence-corrected chi connectivity index (χ1v) is 16.0. The number of hydrogen-bond donors (Lipinski definition) is 0. The number of para-hydroxylation sites is 2. The van der Waals surface area contributed by atoms with Crippen molar-refractivity contribution in [2.75, 3.05) is 9.80 Å². The summed E-state index contributed by atoms with van der Waals surface area (Å²) in [6, 6.07) is 49.5. The Hall–Kier alpha value is -5.34. The molecule has 0 fully saturated rings. The van der Waals surface area contributed by atoms with Crippen LogP contribution in [0.25, 0.3) is 21.9 Å². The molecule has 0 aromatic heterocycles. The normalized spacial score (nSPS) is 18.8. The predicted octanol–water partition coefficient (Wildman–Crippen LogP) is 11.3. The number of benzene rings is 6. The van der Waals surface area contributed by atoms with Crippen LogP contribution in [0.15, 0.2) is 158 Å². The third kappa shape index (κ3) is 3.88. The maximum Gasteiger partial charge on any atom is 0.0629 e. The first-order valence-electron chi connectivity index (χ1n) is 16.0. The Bertz CT molecular complexity index is 2160. The summed E-state index contributed by atoms with van der Waals surface area (Å²) >= 11 is 0. The van der Waals surface area contributed by atoms with Gasteiger partial charge in [-0.25, -0.2) is 0 Å². The van der Waals surface area contributed by atoms with Crippen LogP contribution in [0.1, 0.15) is 36.5 Å². The highest BCUT2D eigenvalue weighted by molar-refractivity contribution is 5.98. The summed E-state index contributed by atoms with van der Waals surface area (Å²) in [5.41, 5.74) is 12.6. The predicted molar refractivity (Wildman–Crippen MR) is 190 cm³/mol. The van der Waals surface area contributed by atoms with E-state index >= 15 is 0 Å². The van der Waals surface area contributed by atoms with Gasteiger partial charge in [0.2, 0.25) is 0 Å². The van der Waals surface area contributed by atoms with Crippen molar-refractivity contribution in [2.24, 2.45) is 0 Å². The highest BCUT2D eigenvalue weighted by Crippen LogP contribution is 2.55. The molecule has 2 unspecified atom stereocenters. The van der Waals surface area contributed by atoms with Crippen LogP contribution in [0.5, 0.6) is 0 Å². The van der Waals surface area contributed by atoms with Crippen LogP contribution in [0.4, 0.5) is 28.4 Å². The van der Waals surface area contributed by atoms with Gasteiger partial charge in [-0.3, -0.25) is 0 Å². The smallest absolute Gasteiger partial charge is 0.0629 e. The molecule has 2 heteroatoms. The molecule has 3 aliphatic rings. The van der Waals surface area contributed by atoms with E-state index in [4.69, 9.17) is 0 Å². The summed E-state index contributed by atoms with van der Waals surface area (Å²) in [4.78, 5) is 4.95. The Morgan fingerprint density at radius 2 is 1.20 bits per heavy atom. The molecule has 0 amide bonds. The second-order valence-corrected chi connectivity index (χ2v) is 13.0. The summed E-state index contributed by atoms with van der Waals surface area (Å²) in [6.07, 6.45) is 9.10. The van der Waals surface area contributed by atoms with Gasteiger partial charge in [0.1, 0.15) is 0 Å². The van der Waals surface area contributed by atoms with Crippen molar-refractivity contribution in [1.29, 1.82) is 0 Å². The molecule has 2 nitrogen and oxygen atoms in total. The van der Waals surface area contributed by atoms with Crippen molar-refractivity contribution < 1.29 is 0 Å². The van der Waals surface area contributed by atoms with Gasteiger partial charge in [0.05, 0.1) is 17.4 Å². The van der Waals surface area contributed by atoms with E-state index in [0.29, 0.717) is 5.92 Å². The first-order chi connectivity index (χ1) is 22.1. The topological polar surface area (TPSA) is 6.48 Å². The molecule has 6 aromatic carbocycles. The van der Waals surface area contributed by atoms with Gasteiger partial charge in [-0.05, 0) is 93.2 Å². The summed E-state index contributed by atoms with van der Waals surface area (Å²) in [7, 11) is 0. The Morgan fingerprint density at radius 1 is 0.556 bits per heavy atom. The summed E-state index contributed by atoms with van der Waals surface area (Å²) in [5.74, 6) is 0.325. The van der Waals surface area contributed by atoms with Crippen LogP contribution in [-0.4, -0.2) is 6.04 Å². The quantitative estimate of drug-likeness (QED) is 0.206. The molecule has 2 aliphatic heterocycles. The van der Waals surface area contributed by atoms with Gasteiger partial charge in [0.15, 0.2) is 0 Å². The minimum absolute atomic E-state index is 0.199. The molecule has 0 saturated carbocycles. The highest BCUT2D eigenvalue weighted by atomic mass is 15.2. The molecule has 2 atom stereocenters. The molecule has 0 bridgehead atoms. The number of fused-ring (bicyclic) bond motifs is 7. The minimum Gasteiger partial charge on any atom is -0.333 e. The maximum absolute atomic E-state index is 2.50. The molecule has 1 aliphatic carbocycles. The standard InChI is InChI=1S/C43H34N2/c1-43(2)37-28-31(30-22-24-39-36(27-30)35-19-11-12-20-38(35)44(39)32-14-5-3-6-15-32)23-25-40(37)45(33-16-7-4-8-17-33)41-26-21-29-13-9-10-18-34(29)42(41)43/h3-28,35,38H,1-2H3. The zero-order valence-electron chi connectivity index (χ0n) is 25.6. The Balaban J connectivity index is 1.22. The van der Waals surface area contributed by atoms with E-state index in [2.05, 4.69) is 181 Å². The summed E-state index contributed by atoms with van der Waals surface area (Å²) < 4.78 is 0. The van der Waals surface area contributed by atoms with E-state index in [0.717, 1.165) is 0 Å². The number of anilines is 5. The molecule has 0 saturated heterocycles. The van der Waals surface area contributed by atoms with Gasteiger partial charge < -0.3 is 9.80 Å². The third-order valence-electron chi connectivity index (χ3n) is 10.1.